The Morgan fingerprint density at radius 1 is 0.464 bits per heavy atom. The smallest absolute Gasteiger partial charge is 0.200 e. The first-order valence-electron chi connectivity index (χ1n) is 8.89. The number of phenols is 6. The number of rotatable bonds is 6. The van der Waals surface area contributed by atoms with Gasteiger partial charge in [0.1, 0.15) is 5.75 Å². The predicted octanol–water partition coefficient (Wildman–Crippen LogP) is 3.49. The number of hydrogen-bond donors (Lipinski definition) is 6. The summed E-state index contributed by atoms with van der Waals surface area (Å²) in [5.74, 6) is -1.54. The van der Waals surface area contributed by atoms with E-state index in [1.54, 1.807) is 12.1 Å². The lowest BCUT2D eigenvalue weighted by Gasteiger charge is -2.13. The molecule has 6 heteroatoms. The maximum absolute atomic E-state index is 9.87. The second kappa shape index (κ2) is 8.00. The Morgan fingerprint density at radius 2 is 0.929 bits per heavy atom. The maximum atomic E-state index is 9.87. The zero-order valence-corrected chi connectivity index (χ0v) is 15.1. The Bertz CT molecular complexity index is 956. The van der Waals surface area contributed by atoms with Crippen molar-refractivity contribution in [2.75, 3.05) is 0 Å². The van der Waals surface area contributed by atoms with Crippen molar-refractivity contribution in [3.63, 3.8) is 0 Å². The second-order valence-electron chi connectivity index (χ2n) is 6.76. The molecule has 0 bridgehead atoms. The third-order valence-electron chi connectivity index (χ3n) is 4.73. The van der Waals surface area contributed by atoms with E-state index >= 15 is 0 Å². The van der Waals surface area contributed by atoms with Gasteiger partial charge in [0.25, 0.3) is 0 Å². The summed E-state index contributed by atoms with van der Waals surface area (Å²) in [4.78, 5) is 0. The Labute approximate surface area is 162 Å². The molecule has 6 nitrogen and oxygen atoms in total. The first-order chi connectivity index (χ1) is 13.3. The summed E-state index contributed by atoms with van der Waals surface area (Å²) in [6.07, 6.45) is 2.28. The summed E-state index contributed by atoms with van der Waals surface area (Å²) >= 11 is 0. The van der Waals surface area contributed by atoms with Crippen LogP contribution in [0.1, 0.15) is 22.3 Å². The van der Waals surface area contributed by atoms with Gasteiger partial charge in [0, 0.05) is 0 Å². The van der Waals surface area contributed by atoms with Crippen LogP contribution in [0.4, 0.5) is 0 Å². The van der Waals surface area contributed by atoms with Gasteiger partial charge in [-0.25, -0.2) is 0 Å². The van der Waals surface area contributed by atoms with Crippen molar-refractivity contribution >= 4 is 0 Å². The fraction of sp³-hybridized carbons (Fsp3) is 0.182. The fourth-order valence-corrected chi connectivity index (χ4v) is 3.15. The SMILES string of the molecule is Oc1ccc(CCc2cc(O)c(O)cc2CCc2cc(O)c(O)c(O)c2)cc1. The molecule has 6 N–H and O–H groups in total. The molecular weight excluding hydrogens is 360 g/mol. The fourth-order valence-electron chi connectivity index (χ4n) is 3.15. The minimum absolute atomic E-state index is 0.190. The number of aryl methyl sites for hydroxylation is 4. The van der Waals surface area contributed by atoms with Crippen LogP contribution >= 0.6 is 0 Å². The van der Waals surface area contributed by atoms with E-state index in [1.807, 2.05) is 12.1 Å². The van der Waals surface area contributed by atoms with Crippen molar-refractivity contribution in [1.29, 1.82) is 0 Å². The summed E-state index contributed by atoms with van der Waals surface area (Å²) in [5, 5.41) is 57.8. The molecule has 0 aliphatic rings. The van der Waals surface area contributed by atoms with Gasteiger partial charge in [0.2, 0.25) is 0 Å². The first-order valence-corrected chi connectivity index (χ1v) is 8.89. The molecule has 3 aromatic carbocycles. The highest BCUT2D eigenvalue weighted by atomic mass is 16.3. The van der Waals surface area contributed by atoms with E-state index in [0.717, 1.165) is 16.7 Å². The highest BCUT2D eigenvalue weighted by Crippen LogP contribution is 2.36. The van der Waals surface area contributed by atoms with Crippen LogP contribution in [0.25, 0.3) is 0 Å². The van der Waals surface area contributed by atoms with Gasteiger partial charge in [0.15, 0.2) is 28.7 Å². The van der Waals surface area contributed by atoms with E-state index in [9.17, 15) is 30.6 Å². The molecule has 0 fully saturated rings. The van der Waals surface area contributed by atoms with Crippen molar-refractivity contribution < 1.29 is 30.6 Å². The lowest BCUT2D eigenvalue weighted by molar-refractivity contribution is 0.367. The Morgan fingerprint density at radius 3 is 1.43 bits per heavy atom. The van der Waals surface area contributed by atoms with Crippen molar-refractivity contribution in [3.8, 4) is 34.5 Å². The van der Waals surface area contributed by atoms with Crippen LogP contribution in [0.5, 0.6) is 34.5 Å². The summed E-state index contributed by atoms with van der Waals surface area (Å²) in [5.41, 5.74) is 3.37. The normalized spacial score (nSPS) is 10.9. The van der Waals surface area contributed by atoms with Gasteiger partial charge in [-0.1, -0.05) is 12.1 Å². The molecule has 0 aliphatic heterocycles. The van der Waals surface area contributed by atoms with Crippen LogP contribution in [-0.2, 0) is 25.7 Å². The molecule has 146 valence electrons. The average Bonchev–Trinajstić information content (AvgIpc) is 2.66. The van der Waals surface area contributed by atoms with E-state index in [2.05, 4.69) is 0 Å². The molecule has 0 unspecified atom stereocenters. The van der Waals surface area contributed by atoms with Crippen molar-refractivity contribution in [2.45, 2.75) is 25.7 Å². The summed E-state index contributed by atoms with van der Waals surface area (Å²) in [6.45, 7) is 0. The summed E-state index contributed by atoms with van der Waals surface area (Å²) < 4.78 is 0. The van der Waals surface area contributed by atoms with Crippen LogP contribution in [0.15, 0.2) is 48.5 Å². The molecule has 0 aromatic heterocycles. The minimum atomic E-state index is -0.555. The van der Waals surface area contributed by atoms with Gasteiger partial charge in [-0.05, 0) is 84.3 Å². The molecule has 0 radical (unpaired) electrons. The predicted molar refractivity (Wildman–Crippen MR) is 104 cm³/mol. The van der Waals surface area contributed by atoms with E-state index in [0.29, 0.717) is 31.2 Å². The van der Waals surface area contributed by atoms with Gasteiger partial charge in [-0.2, -0.15) is 0 Å². The Kier molecular flexibility index (Phi) is 5.49. The highest BCUT2D eigenvalue weighted by Gasteiger charge is 2.12. The van der Waals surface area contributed by atoms with Crippen LogP contribution in [0.3, 0.4) is 0 Å². The molecular formula is C22H22O6. The van der Waals surface area contributed by atoms with E-state index in [-0.39, 0.29) is 17.2 Å². The molecule has 0 amide bonds. The van der Waals surface area contributed by atoms with Gasteiger partial charge < -0.3 is 30.6 Å². The molecule has 0 heterocycles. The maximum Gasteiger partial charge on any atom is 0.200 e. The van der Waals surface area contributed by atoms with Crippen molar-refractivity contribution in [3.05, 3.63) is 70.8 Å². The number of hydrogen-bond acceptors (Lipinski definition) is 6. The zero-order chi connectivity index (χ0) is 20.3. The lowest BCUT2D eigenvalue weighted by Crippen LogP contribution is -2.00. The molecule has 3 rings (SSSR count). The first kappa shape index (κ1) is 19.2. The minimum Gasteiger partial charge on any atom is -0.508 e. The zero-order valence-electron chi connectivity index (χ0n) is 15.1. The second-order valence-corrected chi connectivity index (χ2v) is 6.76. The van der Waals surface area contributed by atoms with Crippen LogP contribution in [0.2, 0.25) is 0 Å². The van der Waals surface area contributed by atoms with E-state index in [4.69, 9.17) is 0 Å². The molecule has 0 spiro atoms. The van der Waals surface area contributed by atoms with Crippen molar-refractivity contribution in [1.82, 2.24) is 0 Å². The monoisotopic (exact) mass is 382 g/mol. The third-order valence-corrected chi connectivity index (χ3v) is 4.73. The Balaban J connectivity index is 1.78. The number of benzene rings is 3. The van der Waals surface area contributed by atoms with Crippen molar-refractivity contribution in [2.24, 2.45) is 0 Å². The quantitative estimate of drug-likeness (QED) is 0.363. The molecule has 0 saturated carbocycles. The van der Waals surface area contributed by atoms with Crippen LogP contribution in [0, 0.1) is 0 Å². The standard InChI is InChI=1S/C22H22O6/c23-17-7-3-13(4-8-17)1-5-15-11-18(24)19(25)12-16(15)6-2-14-9-20(26)22(28)21(27)10-14/h3-4,7-12,23-28H,1-2,5-6H2. The van der Waals surface area contributed by atoms with E-state index < -0.39 is 17.2 Å². The van der Waals surface area contributed by atoms with Gasteiger partial charge in [-0.3, -0.25) is 0 Å². The third kappa shape index (κ3) is 4.40. The van der Waals surface area contributed by atoms with Gasteiger partial charge in [0.05, 0.1) is 0 Å². The molecule has 0 aliphatic carbocycles. The molecule has 0 atom stereocenters. The summed E-state index contributed by atoms with van der Waals surface area (Å²) in [6, 6.07) is 12.7. The number of phenolic OH excluding ortho intramolecular Hbond substituents is 6. The van der Waals surface area contributed by atoms with Crippen LogP contribution in [-0.4, -0.2) is 30.6 Å². The van der Waals surface area contributed by atoms with Crippen LogP contribution < -0.4 is 0 Å². The Hall–Kier alpha value is -3.54. The molecule has 0 saturated heterocycles. The molecule has 28 heavy (non-hydrogen) atoms. The average molecular weight is 382 g/mol. The van der Waals surface area contributed by atoms with E-state index in [1.165, 1.54) is 24.3 Å². The summed E-state index contributed by atoms with van der Waals surface area (Å²) in [7, 11) is 0. The largest absolute Gasteiger partial charge is 0.508 e. The van der Waals surface area contributed by atoms with Gasteiger partial charge in [-0.15, -0.1) is 0 Å². The molecule has 3 aromatic rings. The lowest BCUT2D eigenvalue weighted by atomic mass is 9.94. The highest BCUT2D eigenvalue weighted by molar-refractivity contribution is 5.51. The topological polar surface area (TPSA) is 121 Å². The number of aromatic hydroxyl groups is 6. The van der Waals surface area contributed by atoms with Gasteiger partial charge >= 0.3 is 0 Å².